The smallest absolute Gasteiger partial charge is 0.151 e. The van der Waals surface area contributed by atoms with E-state index in [1.807, 2.05) is 0 Å². The minimum atomic E-state index is -0.400. The summed E-state index contributed by atoms with van der Waals surface area (Å²) in [6.07, 6.45) is 6.34. The second kappa shape index (κ2) is 5.16. The minimum absolute atomic E-state index is 0.185. The Labute approximate surface area is 114 Å². The van der Waals surface area contributed by atoms with Crippen LogP contribution < -0.4 is 10.6 Å². The molecule has 6 heteroatoms. The fourth-order valence-corrected chi connectivity index (χ4v) is 2.03. The van der Waals surface area contributed by atoms with Crippen LogP contribution >= 0.6 is 0 Å². The van der Waals surface area contributed by atoms with Crippen LogP contribution in [-0.4, -0.2) is 21.6 Å². The molecule has 0 saturated heterocycles. The van der Waals surface area contributed by atoms with Crippen molar-refractivity contribution < 1.29 is 9.50 Å². The monoisotopic (exact) mass is 272 g/mol. The highest BCUT2D eigenvalue weighted by Crippen LogP contribution is 2.16. The molecule has 20 heavy (non-hydrogen) atoms. The molecule has 1 aromatic heterocycles. The van der Waals surface area contributed by atoms with Gasteiger partial charge in [0, 0.05) is 31.7 Å². The van der Waals surface area contributed by atoms with Gasteiger partial charge in [-0.2, -0.15) is 0 Å². The molecule has 0 fully saturated rings. The van der Waals surface area contributed by atoms with Crippen molar-refractivity contribution in [1.29, 1.82) is 0 Å². The van der Waals surface area contributed by atoms with Gasteiger partial charge in [-0.3, -0.25) is 4.98 Å². The number of rotatable bonds is 3. The molecule has 2 aromatic rings. The zero-order valence-corrected chi connectivity index (χ0v) is 10.6. The number of hydrogen-bond acceptors (Lipinski definition) is 5. The molecule has 0 unspecified atom stereocenters. The molecule has 3 rings (SSSR count). The first-order chi connectivity index (χ1) is 9.74. The third kappa shape index (κ3) is 2.40. The number of nitrogens with zero attached hydrogens (tertiary/aromatic N) is 2. The van der Waals surface area contributed by atoms with E-state index in [1.54, 1.807) is 18.3 Å². The Kier molecular flexibility index (Phi) is 3.20. The van der Waals surface area contributed by atoms with Crippen molar-refractivity contribution in [2.45, 2.75) is 6.54 Å². The summed E-state index contributed by atoms with van der Waals surface area (Å²) in [6, 6.07) is 3.19. The van der Waals surface area contributed by atoms with Crippen molar-refractivity contribution in [3.8, 4) is 0 Å². The van der Waals surface area contributed by atoms with E-state index in [0.29, 0.717) is 24.3 Å². The lowest BCUT2D eigenvalue weighted by atomic mass is 10.1. The van der Waals surface area contributed by atoms with Crippen LogP contribution in [0.5, 0.6) is 0 Å². The van der Waals surface area contributed by atoms with Crippen LogP contribution in [0.4, 0.5) is 4.39 Å². The molecule has 0 saturated carbocycles. The second-order valence-corrected chi connectivity index (χ2v) is 4.41. The first kappa shape index (κ1) is 12.4. The van der Waals surface area contributed by atoms with Crippen LogP contribution in [-0.2, 0) is 6.54 Å². The van der Waals surface area contributed by atoms with E-state index < -0.39 is 5.82 Å². The Morgan fingerprint density at radius 1 is 1.30 bits per heavy atom. The van der Waals surface area contributed by atoms with Gasteiger partial charge in [0.05, 0.1) is 11.2 Å². The molecule has 0 atom stereocenters. The molecule has 2 heterocycles. The van der Waals surface area contributed by atoms with Crippen molar-refractivity contribution in [2.24, 2.45) is 0 Å². The predicted molar refractivity (Wildman–Crippen MR) is 73.1 cm³/mol. The second-order valence-electron chi connectivity index (χ2n) is 4.41. The SMILES string of the molecule is OC1=CCNC=C1NCc1cc(F)c2nccnc2c1. The lowest BCUT2D eigenvalue weighted by Crippen LogP contribution is -2.22. The lowest BCUT2D eigenvalue weighted by Gasteiger charge is -2.15. The van der Waals surface area contributed by atoms with Gasteiger partial charge in [-0.05, 0) is 23.8 Å². The maximum atomic E-state index is 13.9. The fraction of sp³-hybridized carbons (Fsp3) is 0.143. The molecular weight excluding hydrogens is 259 g/mol. The van der Waals surface area contributed by atoms with Crippen LogP contribution in [0.3, 0.4) is 0 Å². The average molecular weight is 272 g/mol. The number of aliphatic hydroxyl groups excluding tert-OH is 1. The van der Waals surface area contributed by atoms with E-state index in [0.717, 1.165) is 5.56 Å². The summed E-state index contributed by atoms with van der Waals surface area (Å²) in [4.78, 5) is 8.05. The molecular formula is C14H13FN4O. The topological polar surface area (TPSA) is 70.1 Å². The van der Waals surface area contributed by atoms with Crippen molar-refractivity contribution in [1.82, 2.24) is 20.6 Å². The zero-order valence-electron chi connectivity index (χ0n) is 10.6. The molecule has 1 aliphatic heterocycles. The summed E-state index contributed by atoms with van der Waals surface area (Å²) in [6.45, 7) is 0.978. The molecule has 1 aromatic carbocycles. The summed E-state index contributed by atoms with van der Waals surface area (Å²) in [7, 11) is 0. The van der Waals surface area contributed by atoms with Gasteiger partial charge >= 0.3 is 0 Å². The normalized spacial score (nSPS) is 14.4. The molecule has 3 N–H and O–H groups in total. The Morgan fingerprint density at radius 3 is 3.00 bits per heavy atom. The Balaban J connectivity index is 1.81. The van der Waals surface area contributed by atoms with Gasteiger partial charge < -0.3 is 15.7 Å². The van der Waals surface area contributed by atoms with Crippen LogP contribution in [0.2, 0.25) is 0 Å². The number of nitrogens with one attached hydrogen (secondary N) is 2. The van der Waals surface area contributed by atoms with Crippen molar-refractivity contribution in [2.75, 3.05) is 6.54 Å². The van der Waals surface area contributed by atoms with Crippen molar-refractivity contribution in [3.63, 3.8) is 0 Å². The number of halogens is 1. The predicted octanol–water partition coefficient (Wildman–Crippen LogP) is 1.74. The fourth-order valence-electron chi connectivity index (χ4n) is 2.03. The molecule has 0 radical (unpaired) electrons. The molecule has 102 valence electrons. The van der Waals surface area contributed by atoms with E-state index >= 15 is 0 Å². The summed E-state index contributed by atoms with van der Waals surface area (Å²) in [5.74, 6) is -0.215. The molecule has 0 spiro atoms. The lowest BCUT2D eigenvalue weighted by molar-refractivity contribution is 0.406. The van der Waals surface area contributed by atoms with E-state index in [9.17, 15) is 9.50 Å². The number of benzene rings is 1. The first-order valence-corrected chi connectivity index (χ1v) is 6.20. The molecule has 0 bridgehead atoms. The average Bonchev–Trinajstić information content (AvgIpc) is 2.46. The molecule has 1 aliphatic rings. The highest BCUT2D eigenvalue weighted by Gasteiger charge is 2.09. The third-order valence-electron chi connectivity index (χ3n) is 3.01. The number of aliphatic hydroxyl groups is 1. The summed E-state index contributed by atoms with van der Waals surface area (Å²) < 4.78 is 13.9. The molecule has 0 aliphatic carbocycles. The van der Waals surface area contributed by atoms with Gasteiger partial charge in [0.2, 0.25) is 0 Å². The largest absolute Gasteiger partial charge is 0.506 e. The molecule has 5 nitrogen and oxygen atoms in total. The highest BCUT2D eigenvalue weighted by atomic mass is 19.1. The summed E-state index contributed by atoms with van der Waals surface area (Å²) >= 11 is 0. The standard InChI is InChI=1S/C14H13FN4O/c15-10-5-9(6-11-14(10)18-4-3-17-11)7-19-12-8-16-2-1-13(12)20/h1,3-6,8,16,19-20H,2,7H2. The maximum absolute atomic E-state index is 13.9. The van der Waals surface area contributed by atoms with E-state index in [-0.39, 0.29) is 11.3 Å². The van der Waals surface area contributed by atoms with Crippen LogP contribution in [0.15, 0.2) is 48.3 Å². The summed E-state index contributed by atoms with van der Waals surface area (Å²) in [5, 5.41) is 15.7. The van der Waals surface area contributed by atoms with Crippen LogP contribution in [0.25, 0.3) is 11.0 Å². The number of hydrogen-bond donors (Lipinski definition) is 3. The van der Waals surface area contributed by atoms with Gasteiger partial charge in [0.1, 0.15) is 11.3 Å². The highest BCUT2D eigenvalue weighted by molar-refractivity contribution is 5.75. The van der Waals surface area contributed by atoms with Gasteiger partial charge in [0.25, 0.3) is 0 Å². The van der Waals surface area contributed by atoms with Gasteiger partial charge in [-0.15, -0.1) is 0 Å². The first-order valence-electron chi connectivity index (χ1n) is 6.20. The van der Waals surface area contributed by atoms with Crippen LogP contribution in [0, 0.1) is 5.82 Å². The Bertz CT molecular complexity index is 711. The summed E-state index contributed by atoms with van der Waals surface area (Å²) in [5.41, 5.74) is 2.09. The maximum Gasteiger partial charge on any atom is 0.151 e. The third-order valence-corrected chi connectivity index (χ3v) is 3.01. The Hall–Kier alpha value is -2.63. The Morgan fingerprint density at radius 2 is 2.15 bits per heavy atom. The molecule has 0 amide bonds. The number of fused-ring (bicyclic) bond motifs is 1. The quantitative estimate of drug-likeness (QED) is 0.794. The zero-order chi connectivity index (χ0) is 13.9. The van der Waals surface area contributed by atoms with Gasteiger partial charge in [0.15, 0.2) is 5.82 Å². The van der Waals surface area contributed by atoms with Crippen molar-refractivity contribution in [3.05, 3.63) is 59.6 Å². The minimum Gasteiger partial charge on any atom is -0.506 e. The van der Waals surface area contributed by atoms with E-state index in [1.165, 1.54) is 18.5 Å². The van der Waals surface area contributed by atoms with Gasteiger partial charge in [-0.25, -0.2) is 9.37 Å². The number of dihydropyridines is 1. The van der Waals surface area contributed by atoms with Crippen LogP contribution in [0.1, 0.15) is 5.56 Å². The van der Waals surface area contributed by atoms with Gasteiger partial charge in [-0.1, -0.05) is 0 Å². The van der Waals surface area contributed by atoms with E-state index in [4.69, 9.17) is 0 Å². The van der Waals surface area contributed by atoms with E-state index in [2.05, 4.69) is 20.6 Å². The number of aromatic nitrogens is 2. The van der Waals surface area contributed by atoms with Crippen molar-refractivity contribution >= 4 is 11.0 Å².